The van der Waals surface area contributed by atoms with Gasteiger partial charge in [-0.05, 0) is 70.6 Å². The Bertz CT molecular complexity index is 1020. The first kappa shape index (κ1) is 39.5. The van der Waals surface area contributed by atoms with Gasteiger partial charge in [0.1, 0.15) is 10.1 Å². The second kappa shape index (κ2) is 25.1. The van der Waals surface area contributed by atoms with Gasteiger partial charge in [-0.15, -0.1) is 0 Å². The minimum Gasteiger partial charge on any atom is -0.744 e. The fraction of sp³-hybridized carbons (Fsp3) is 0.625. The van der Waals surface area contributed by atoms with E-state index in [-0.39, 0.29) is 53.9 Å². The number of benzene rings is 1. The predicted molar refractivity (Wildman–Crippen MR) is 158 cm³/mol. The molecule has 9 heteroatoms. The summed E-state index contributed by atoms with van der Waals surface area (Å²) in [5.74, 6) is -1.57. The maximum absolute atomic E-state index is 12.7. The van der Waals surface area contributed by atoms with Gasteiger partial charge < -0.3 is 14.0 Å². The van der Waals surface area contributed by atoms with Gasteiger partial charge in [0.2, 0.25) is 0 Å². The monoisotopic (exact) mass is 600 g/mol. The first-order chi connectivity index (χ1) is 19.3. The normalized spacial score (nSPS) is 11.6. The van der Waals surface area contributed by atoms with Gasteiger partial charge in [-0.3, -0.25) is 0 Å². The van der Waals surface area contributed by atoms with Crippen LogP contribution in [0.15, 0.2) is 47.4 Å². The number of unbranched alkanes of at least 4 members (excludes halogenated alkanes) is 14. The third kappa shape index (κ3) is 19.4. The van der Waals surface area contributed by atoms with Crippen molar-refractivity contribution in [2.45, 2.75) is 121 Å². The van der Waals surface area contributed by atoms with Crippen LogP contribution in [0.3, 0.4) is 0 Å². The van der Waals surface area contributed by atoms with Gasteiger partial charge in [0.15, 0.2) is 0 Å². The number of hydrogen-bond donors (Lipinski definition) is 0. The van der Waals surface area contributed by atoms with Crippen molar-refractivity contribution in [2.75, 3.05) is 13.2 Å². The summed E-state index contributed by atoms with van der Waals surface area (Å²) in [6.45, 7) is 4.41. The number of carbonyl (C=O) groups excluding carboxylic acids is 2. The second-order valence-corrected chi connectivity index (χ2v) is 11.5. The molecule has 0 saturated carbocycles. The van der Waals surface area contributed by atoms with Gasteiger partial charge in [-0.25, -0.2) is 18.0 Å². The molecule has 1 rings (SSSR count). The van der Waals surface area contributed by atoms with E-state index in [0.717, 1.165) is 69.6 Å². The van der Waals surface area contributed by atoms with Crippen LogP contribution < -0.4 is 29.6 Å². The van der Waals surface area contributed by atoms with Gasteiger partial charge >= 0.3 is 41.5 Å². The zero-order valence-electron chi connectivity index (χ0n) is 25.5. The van der Waals surface area contributed by atoms with E-state index in [9.17, 15) is 22.6 Å². The first-order valence-electron chi connectivity index (χ1n) is 15.0. The zero-order chi connectivity index (χ0) is 29.5. The molecule has 0 N–H and O–H groups in total. The number of rotatable bonds is 23. The summed E-state index contributed by atoms with van der Waals surface area (Å²) in [5.41, 5.74) is -0.364. The third-order valence-electron chi connectivity index (χ3n) is 6.69. The zero-order valence-corrected chi connectivity index (χ0v) is 28.4. The summed E-state index contributed by atoms with van der Waals surface area (Å²) in [7, 11) is -4.80. The molecule has 41 heavy (non-hydrogen) atoms. The van der Waals surface area contributed by atoms with Crippen molar-refractivity contribution in [3.63, 3.8) is 0 Å². The Morgan fingerprint density at radius 2 is 1.05 bits per heavy atom. The molecular formula is C32H49NaO7S. The average Bonchev–Trinajstić information content (AvgIpc) is 2.93. The van der Waals surface area contributed by atoms with Crippen molar-refractivity contribution in [2.24, 2.45) is 0 Å². The van der Waals surface area contributed by atoms with E-state index in [1.807, 2.05) is 13.8 Å². The molecule has 1 aromatic carbocycles. The van der Waals surface area contributed by atoms with Gasteiger partial charge in [0, 0.05) is 0 Å². The molecule has 0 fully saturated rings. The van der Waals surface area contributed by atoms with E-state index in [2.05, 4.69) is 24.3 Å². The molecule has 0 spiro atoms. The molecular weight excluding hydrogens is 551 g/mol. The van der Waals surface area contributed by atoms with Crippen molar-refractivity contribution in [3.8, 4) is 0 Å². The van der Waals surface area contributed by atoms with Crippen LogP contribution in [-0.4, -0.2) is 38.1 Å². The minimum absolute atomic E-state index is 0. The van der Waals surface area contributed by atoms with Gasteiger partial charge in [-0.1, -0.05) is 88.5 Å². The molecule has 7 nitrogen and oxygen atoms in total. The van der Waals surface area contributed by atoms with E-state index < -0.39 is 27.0 Å². The van der Waals surface area contributed by atoms with E-state index in [1.165, 1.54) is 38.5 Å². The Labute approximate surface area is 270 Å². The Morgan fingerprint density at radius 1 is 0.659 bits per heavy atom. The number of esters is 2. The topological polar surface area (TPSA) is 110 Å². The quantitative estimate of drug-likeness (QED) is 0.0551. The molecule has 0 atom stereocenters. The van der Waals surface area contributed by atoms with Crippen LogP contribution in [0.5, 0.6) is 0 Å². The maximum Gasteiger partial charge on any atom is 1.00 e. The van der Waals surface area contributed by atoms with Crippen LogP contribution in [0.25, 0.3) is 0 Å². The van der Waals surface area contributed by atoms with Crippen LogP contribution in [0.1, 0.15) is 137 Å². The van der Waals surface area contributed by atoms with E-state index in [4.69, 9.17) is 9.47 Å². The first-order valence-corrected chi connectivity index (χ1v) is 16.4. The molecule has 0 radical (unpaired) electrons. The van der Waals surface area contributed by atoms with Crippen LogP contribution in [0, 0.1) is 0 Å². The summed E-state index contributed by atoms with van der Waals surface area (Å²) < 4.78 is 45.2. The summed E-state index contributed by atoms with van der Waals surface area (Å²) in [6.07, 6.45) is 25.5. The van der Waals surface area contributed by atoms with Gasteiger partial charge in [0.25, 0.3) is 0 Å². The number of allylic oxidation sites excluding steroid dienone is 4. The van der Waals surface area contributed by atoms with Crippen molar-refractivity contribution in [3.05, 3.63) is 53.6 Å². The average molecular weight is 601 g/mol. The Kier molecular flexibility index (Phi) is 24.2. The predicted octanol–water partition coefficient (Wildman–Crippen LogP) is 5.30. The molecule has 0 aliphatic heterocycles. The van der Waals surface area contributed by atoms with Gasteiger partial charge in [0.05, 0.1) is 29.2 Å². The Balaban J connectivity index is 0.0000160. The van der Waals surface area contributed by atoms with Crippen molar-refractivity contribution in [1.29, 1.82) is 0 Å². The standard InChI is InChI=1S/C32H50O7S.Na/c1-3-5-7-9-11-13-15-17-19-21-25-38-31(33)29-24-23-28(40(35,36)37)27-30(29)32(34)39-26-22-20-18-16-14-12-10-8-6-4-2;/h3-6,23-24,27H,7-22,25-26H2,1-2H3,(H,35,36,37);/q;+1/p-1/b5-3+,6-4+;. The van der Waals surface area contributed by atoms with E-state index in [1.54, 1.807) is 0 Å². The SMILES string of the molecule is C/C=C/CCCCCCCCCOC(=O)c1ccc(S(=O)(=O)[O-])cc1C(=O)OCCCCCCCCC/C=C/C.[Na+]. The molecule has 226 valence electrons. The summed E-state index contributed by atoms with van der Waals surface area (Å²) in [6, 6.07) is 3.07. The van der Waals surface area contributed by atoms with Crippen LogP contribution >= 0.6 is 0 Å². The van der Waals surface area contributed by atoms with E-state index >= 15 is 0 Å². The number of ether oxygens (including phenoxy) is 2. The molecule has 0 saturated heterocycles. The van der Waals surface area contributed by atoms with Crippen LogP contribution in [-0.2, 0) is 19.6 Å². The summed E-state index contributed by atoms with van der Waals surface area (Å²) in [5, 5.41) is 0. The third-order valence-corrected chi connectivity index (χ3v) is 7.52. The molecule has 0 aromatic heterocycles. The smallest absolute Gasteiger partial charge is 0.744 e. The fourth-order valence-electron chi connectivity index (χ4n) is 4.34. The molecule has 0 bridgehead atoms. The molecule has 1 aromatic rings. The molecule has 0 heterocycles. The Hall–Kier alpha value is -1.45. The van der Waals surface area contributed by atoms with Crippen LogP contribution in [0.4, 0.5) is 0 Å². The number of carbonyl (C=O) groups is 2. The Morgan fingerprint density at radius 3 is 1.46 bits per heavy atom. The van der Waals surface area contributed by atoms with Crippen molar-refractivity contribution < 1.29 is 61.6 Å². The van der Waals surface area contributed by atoms with Gasteiger partial charge in [-0.2, -0.15) is 0 Å². The number of hydrogen-bond acceptors (Lipinski definition) is 7. The fourth-order valence-corrected chi connectivity index (χ4v) is 4.84. The van der Waals surface area contributed by atoms with E-state index in [0.29, 0.717) is 12.8 Å². The van der Waals surface area contributed by atoms with Crippen molar-refractivity contribution in [1.82, 2.24) is 0 Å². The minimum atomic E-state index is -4.80. The largest absolute Gasteiger partial charge is 1.00 e. The summed E-state index contributed by atoms with van der Waals surface area (Å²) in [4.78, 5) is 24.8. The second-order valence-electron chi connectivity index (χ2n) is 10.1. The molecule has 0 amide bonds. The molecule has 0 aliphatic carbocycles. The maximum atomic E-state index is 12.7. The molecule has 0 unspecified atom stereocenters. The van der Waals surface area contributed by atoms with Crippen molar-refractivity contribution >= 4 is 22.1 Å². The summed E-state index contributed by atoms with van der Waals surface area (Å²) >= 11 is 0. The molecule has 0 aliphatic rings. The van der Waals surface area contributed by atoms with Crippen LogP contribution in [0.2, 0.25) is 0 Å².